The van der Waals surface area contributed by atoms with Gasteiger partial charge in [0.1, 0.15) is 23.9 Å². The number of aliphatic hydroxyl groups is 3. The van der Waals surface area contributed by atoms with E-state index in [4.69, 9.17) is 23.7 Å². The summed E-state index contributed by atoms with van der Waals surface area (Å²) in [7, 11) is 0. The maximum atomic E-state index is 15.5. The molecule has 0 unspecified atom stereocenters. The lowest BCUT2D eigenvalue weighted by molar-refractivity contribution is -0.346. The normalized spacial score (nSPS) is 31.4. The maximum absolute atomic E-state index is 15.5. The summed E-state index contributed by atoms with van der Waals surface area (Å²) in [4.78, 5) is 83.4. The molecule has 7 rings (SSSR count). The second-order valence-electron chi connectivity index (χ2n) is 17.8. The molecule has 338 valence electrons. The Balaban J connectivity index is 1.36. The molecule has 0 aromatic heterocycles. The average molecular weight is 880 g/mol. The molecule has 11 atom stereocenters. The zero-order chi connectivity index (χ0) is 46.4. The topological polar surface area (TPSA) is 221 Å². The van der Waals surface area contributed by atoms with E-state index < -0.39 is 113 Å². The number of ketones is 1. The lowest BCUT2D eigenvalue weighted by Crippen LogP contribution is -2.82. The van der Waals surface area contributed by atoms with E-state index in [9.17, 15) is 39.3 Å². The summed E-state index contributed by atoms with van der Waals surface area (Å²) in [6, 6.07) is 23.7. The van der Waals surface area contributed by atoms with E-state index >= 15 is 4.79 Å². The third-order valence-corrected chi connectivity index (χ3v) is 13.7. The number of amides is 1. The molecule has 4 aliphatic rings. The molecule has 15 heteroatoms. The molecule has 0 spiro atoms. The Morgan fingerprint density at radius 2 is 1.47 bits per heavy atom. The van der Waals surface area contributed by atoms with Crippen molar-refractivity contribution in [3.8, 4) is 0 Å². The summed E-state index contributed by atoms with van der Waals surface area (Å²) in [5.41, 5.74) is -6.58. The Morgan fingerprint density at radius 1 is 0.859 bits per heavy atom. The van der Waals surface area contributed by atoms with Gasteiger partial charge in [0.05, 0.1) is 35.6 Å². The van der Waals surface area contributed by atoms with Crippen LogP contribution in [0.25, 0.3) is 6.08 Å². The lowest BCUT2D eigenvalue weighted by atomic mass is 9.44. The van der Waals surface area contributed by atoms with Crippen LogP contribution >= 0.6 is 0 Å². The highest BCUT2D eigenvalue weighted by molar-refractivity contribution is 5.96. The van der Waals surface area contributed by atoms with Crippen LogP contribution in [0.2, 0.25) is 0 Å². The first-order chi connectivity index (χ1) is 30.3. The molecule has 1 aliphatic heterocycles. The first kappa shape index (κ1) is 46.0. The highest BCUT2D eigenvalue weighted by Gasteiger charge is 2.78. The van der Waals surface area contributed by atoms with Crippen LogP contribution in [0.15, 0.2) is 108 Å². The largest absolute Gasteiger partial charge is 0.456 e. The minimum Gasteiger partial charge on any atom is -0.456 e. The first-order valence-corrected chi connectivity index (χ1v) is 21.1. The van der Waals surface area contributed by atoms with E-state index in [2.05, 4.69) is 5.32 Å². The monoisotopic (exact) mass is 879 g/mol. The van der Waals surface area contributed by atoms with E-state index in [0.717, 1.165) is 19.4 Å². The van der Waals surface area contributed by atoms with Gasteiger partial charge in [-0.2, -0.15) is 0 Å². The predicted molar refractivity (Wildman–Crippen MR) is 227 cm³/mol. The summed E-state index contributed by atoms with van der Waals surface area (Å²) in [6.45, 7) is 7.97. The van der Waals surface area contributed by atoms with Crippen LogP contribution in [0.1, 0.15) is 81.9 Å². The van der Waals surface area contributed by atoms with Crippen molar-refractivity contribution >= 4 is 41.6 Å². The van der Waals surface area contributed by atoms with E-state index in [1.54, 1.807) is 92.7 Å². The van der Waals surface area contributed by atoms with Crippen molar-refractivity contribution in [2.24, 2.45) is 16.7 Å². The second-order valence-corrected chi connectivity index (χ2v) is 17.8. The third kappa shape index (κ3) is 7.95. The molecule has 1 heterocycles. The van der Waals surface area contributed by atoms with E-state index in [0.29, 0.717) is 5.56 Å². The van der Waals surface area contributed by atoms with Crippen molar-refractivity contribution in [2.75, 3.05) is 6.61 Å². The Bertz CT molecular complexity index is 2370. The number of ether oxygens (including phenoxy) is 5. The van der Waals surface area contributed by atoms with Gasteiger partial charge in [0, 0.05) is 38.2 Å². The second kappa shape index (κ2) is 17.5. The number of carbonyl (C=O) groups is 6. The number of rotatable bonds is 11. The van der Waals surface area contributed by atoms with Gasteiger partial charge in [-0.15, -0.1) is 0 Å². The molecule has 15 nitrogen and oxygen atoms in total. The average Bonchev–Trinajstić information content (AvgIpc) is 3.26. The van der Waals surface area contributed by atoms with E-state index in [1.807, 2.05) is 6.07 Å². The number of hydrogen-bond acceptors (Lipinski definition) is 14. The summed E-state index contributed by atoms with van der Waals surface area (Å²) in [5, 5.41) is 40.2. The first-order valence-electron chi connectivity index (χ1n) is 21.1. The molecule has 2 bridgehead atoms. The van der Waals surface area contributed by atoms with Crippen LogP contribution < -0.4 is 5.32 Å². The van der Waals surface area contributed by atoms with Crippen LogP contribution in [0.4, 0.5) is 0 Å². The molecular formula is C49H53NO14. The number of esters is 4. The molecule has 3 aromatic rings. The fourth-order valence-electron chi connectivity index (χ4n) is 10.3. The van der Waals surface area contributed by atoms with Gasteiger partial charge in [-0.25, -0.2) is 9.59 Å². The Labute approximate surface area is 370 Å². The summed E-state index contributed by atoms with van der Waals surface area (Å²) in [5.74, 6) is -6.90. The fraction of sp³-hybridized carbons (Fsp3) is 0.429. The van der Waals surface area contributed by atoms with Crippen LogP contribution in [0, 0.1) is 16.7 Å². The van der Waals surface area contributed by atoms with E-state index in [1.165, 1.54) is 32.1 Å². The molecule has 0 radical (unpaired) electrons. The summed E-state index contributed by atoms with van der Waals surface area (Å²) >= 11 is 0. The predicted octanol–water partition coefficient (Wildman–Crippen LogP) is 4.14. The zero-order valence-corrected chi connectivity index (χ0v) is 36.4. The van der Waals surface area contributed by atoms with Crippen LogP contribution in [-0.2, 0) is 47.7 Å². The van der Waals surface area contributed by atoms with Gasteiger partial charge in [-0.1, -0.05) is 92.7 Å². The van der Waals surface area contributed by atoms with Crippen molar-refractivity contribution in [3.05, 3.63) is 125 Å². The maximum Gasteiger partial charge on any atom is 0.338 e. The Hall–Kier alpha value is -6.00. The molecule has 4 N–H and O–H groups in total. The van der Waals surface area contributed by atoms with Gasteiger partial charge in [-0.3, -0.25) is 19.2 Å². The number of hydrogen-bond donors (Lipinski definition) is 4. The molecule has 1 amide bonds. The highest BCUT2D eigenvalue weighted by atomic mass is 16.6. The van der Waals surface area contributed by atoms with Gasteiger partial charge in [0.2, 0.25) is 5.91 Å². The quantitative estimate of drug-likeness (QED) is 0.0921. The molecule has 2 saturated carbocycles. The van der Waals surface area contributed by atoms with Gasteiger partial charge in [0.15, 0.2) is 23.6 Å². The minimum absolute atomic E-state index is 0.00569. The number of fused-ring (bicyclic) bond motifs is 5. The Kier molecular flexibility index (Phi) is 12.6. The SMILES string of the molecule is CC(=O)O[C@H]1C(=O)[C@@]2(C)[C@H]([C@H](OC(=O)c3ccccc3)[C@]3(O)C[C@H](OC(=O)[C@H](O)[C@H](NC(=O)/C=C/c4ccccc4)c4ccccc4)C(C)=C1C3(C)C)[C@]1(OC(C)=O)CO[C@@H]1C[C@@H]2O. The fourth-order valence-corrected chi connectivity index (χ4v) is 10.3. The van der Waals surface area contributed by atoms with Crippen LogP contribution in [-0.4, -0.2) is 105 Å². The highest BCUT2D eigenvalue weighted by Crippen LogP contribution is 2.64. The molecule has 64 heavy (non-hydrogen) atoms. The molecule has 1 saturated heterocycles. The molecule has 3 fully saturated rings. The van der Waals surface area contributed by atoms with Crippen LogP contribution in [0.5, 0.6) is 0 Å². The van der Waals surface area contributed by atoms with Gasteiger partial charge in [-0.05, 0) is 54.3 Å². The Morgan fingerprint density at radius 3 is 2.05 bits per heavy atom. The van der Waals surface area contributed by atoms with Crippen molar-refractivity contribution in [3.63, 3.8) is 0 Å². The molecule has 3 aliphatic carbocycles. The van der Waals surface area contributed by atoms with Crippen LogP contribution in [0.3, 0.4) is 0 Å². The van der Waals surface area contributed by atoms with Crippen molar-refractivity contribution < 1.29 is 67.8 Å². The zero-order valence-electron chi connectivity index (χ0n) is 36.4. The van der Waals surface area contributed by atoms with Gasteiger partial charge >= 0.3 is 23.9 Å². The lowest BCUT2D eigenvalue weighted by Gasteiger charge is -2.67. The summed E-state index contributed by atoms with van der Waals surface area (Å²) < 4.78 is 30.3. The molecule has 3 aromatic carbocycles. The molecular weight excluding hydrogens is 827 g/mol. The number of Topliss-reactive ketones (excluding diaryl/α,β-unsaturated/α-hetero) is 1. The smallest absolute Gasteiger partial charge is 0.338 e. The summed E-state index contributed by atoms with van der Waals surface area (Å²) in [6.07, 6.45) is -7.73. The standard InChI is InChI=1S/C49H53NO14/c1-27-33(62-45(58)39(55)38(31-18-12-8-13-19-31)50-36(54)23-22-30-16-10-7-11-17-30)25-49(59)43(63-44(57)32-20-14-9-15-21-32)41-47(6,34(53)24-35-48(41,26-60-35)64-29(3)52)42(56)40(61-28(2)51)37(27)46(49,4)5/h7-23,33-35,38-41,43,53,55,59H,24-26H2,1-6H3,(H,50,54)/b23-22+/t33-,34-,35+,38+,39+,40+,41-,43-,47+,48-,49+/m0/s1. The third-order valence-electron chi connectivity index (χ3n) is 13.7. The number of carbonyl (C=O) groups excluding carboxylic acids is 6. The number of aliphatic hydroxyl groups excluding tert-OH is 2. The van der Waals surface area contributed by atoms with Gasteiger partial charge < -0.3 is 44.3 Å². The number of benzene rings is 3. The number of nitrogens with one attached hydrogen (secondary N) is 1. The van der Waals surface area contributed by atoms with Crippen molar-refractivity contribution in [2.45, 2.75) is 108 Å². The van der Waals surface area contributed by atoms with Crippen molar-refractivity contribution in [1.29, 1.82) is 0 Å². The minimum atomic E-state index is -2.40. The van der Waals surface area contributed by atoms with Crippen molar-refractivity contribution in [1.82, 2.24) is 5.32 Å². The van der Waals surface area contributed by atoms with Gasteiger partial charge in [0.25, 0.3) is 0 Å². The van der Waals surface area contributed by atoms with E-state index in [-0.39, 0.29) is 29.7 Å².